The summed E-state index contributed by atoms with van der Waals surface area (Å²) in [5.74, 6) is -0.0383. The van der Waals surface area contributed by atoms with Crippen LogP contribution in [0, 0.1) is 5.92 Å². The fourth-order valence-corrected chi connectivity index (χ4v) is 2.19. The molecule has 0 unspecified atom stereocenters. The van der Waals surface area contributed by atoms with Gasteiger partial charge in [0.1, 0.15) is 5.78 Å². The summed E-state index contributed by atoms with van der Waals surface area (Å²) in [6.45, 7) is 0. The molecule has 0 saturated heterocycles. The van der Waals surface area contributed by atoms with Gasteiger partial charge in [0, 0.05) is 17.4 Å². The zero-order chi connectivity index (χ0) is 10.8. The van der Waals surface area contributed by atoms with Crippen LogP contribution in [0.1, 0.15) is 30.9 Å². The Kier molecular flexibility index (Phi) is 3.08. The van der Waals surface area contributed by atoms with E-state index in [0.29, 0.717) is 11.4 Å². The van der Waals surface area contributed by atoms with Crippen LogP contribution in [0.3, 0.4) is 0 Å². The highest BCUT2D eigenvalue weighted by Crippen LogP contribution is 2.33. The SMILES string of the molecule is O=C1CCC[C@@H]1[C@H](O)c1ccc(Cl)cc1. The molecule has 1 aromatic carbocycles. The van der Waals surface area contributed by atoms with Crippen LogP contribution in [0.25, 0.3) is 0 Å². The maximum atomic E-state index is 11.5. The van der Waals surface area contributed by atoms with Gasteiger partial charge in [0.2, 0.25) is 0 Å². The van der Waals surface area contributed by atoms with Gasteiger partial charge < -0.3 is 5.11 Å². The number of halogens is 1. The number of Topliss-reactive ketones (excluding diaryl/α,β-unsaturated/α-hetero) is 1. The minimum atomic E-state index is -0.669. The van der Waals surface area contributed by atoms with Gasteiger partial charge in [0.05, 0.1) is 6.10 Å². The van der Waals surface area contributed by atoms with Crippen molar-refractivity contribution in [2.75, 3.05) is 0 Å². The van der Waals surface area contributed by atoms with Crippen LogP contribution >= 0.6 is 11.6 Å². The number of carbonyl (C=O) groups excluding carboxylic acids is 1. The summed E-state index contributed by atoms with van der Waals surface area (Å²) in [5, 5.41) is 10.7. The molecule has 0 heterocycles. The van der Waals surface area contributed by atoms with E-state index in [-0.39, 0.29) is 11.7 Å². The monoisotopic (exact) mass is 224 g/mol. The average molecular weight is 225 g/mol. The molecule has 15 heavy (non-hydrogen) atoms. The third-order valence-electron chi connectivity index (χ3n) is 2.94. The number of hydrogen-bond acceptors (Lipinski definition) is 2. The van der Waals surface area contributed by atoms with Crippen LogP contribution in [0.5, 0.6) is 0 Å². The third kappa shape index (κ3) is 2.21. The van der Waals surface area contributed by atoms with Gasteiger partial charge >= 0.3 is 0 Å². The molecule has 0 aliphatic heterocycles. The predicted octanol–water partition coefficient (Wildman–Crippen LogP) is 2.74. The Morgan fingerprint density at radius 3 is 2.53 bits per heavy atom. The molecular formula is C12H13ClO2. The van der Waals surface area contributed by atoms with E-state index in [0.717, 1.165) is 18.4 Å². The molecular weight excluding hydrogens is 212 g/mol. The van der Waals surface area contributed by atoms with Crippen molar-refractivity contribution in [3.05, 3.63) is 34.9 Å². The molecule has 0 aromatic heterocycles. The summed E-state index contributed by atoms with van der Waals surface area (Å²) >= 11 is 5.76. The Balaban J connectivity index is 2.16. The molecule has 2 rings (SSSR count). The largest absolute Gasteiger partial charge is 0.388 e. The van der Waals surface area contributed by atoms with Crippen LogP contribution in [-0.2, 0) is 4.79 Å². The molecule has 0 radical (unpaired) electrons. The van der Waals surface area contributed by atoms with Gasteiger partial charge in [-0.25, -0.2) is 0 Å². The van der Waals surface area contributed by atoms with Crippen molar-refractivity contribution in [2.45, 2.75) is 25.4 Å². The number of rotatable bonds is 2. The Bertz CT molecular complexity index is 358. The van der Waals surface area contributed by atoms with Crippen LogP contribution < -0.4 is 0 Å². The average Bonchev–Trinajstić information content (AvgIpc) is 2.65. The minimum absolute atomic E-state index is 0.178. The molecule has 1 aliphatic carbocycles. The lowest BCUT2D eigenvalue weighted by molar-refractivity contribution is -0.123. The first-order valence-electron chi connectivity index (χ1n) is 5.15. The number of ketones is 1. The second kappa shape index (κ2) is 4.33. The van der Waals surface area contributed by atoms with Crippen molar-refractivity contribution in [2.24, 2.45) is 5.92 Å². The van der Waals surface area contributed by atoms with Gasteiger partial charge in [-0.1, -0.05) is 23.7 Å². The van der Waals surface area contributed by atoms with Crippen LogP contribution in [0.2, 0.25) is 5.02 Å². The highest BCUT2D eigenvalue weighted by atomic mass is 35.5. The van der Waals surface area contributed by atoms with E-state index >= 15 is 0 Å². The molecule has 1 saturated carbocycles. The Morgan fingerprint density at radius 1 is 1.33 bits per heavy atom. The molecule has 1 aliphatic rings. The lowest BCUT2D eigenvalue weighted by Crippen LogP contribution is -2.16. The van der Waals surface area contributed by atoms with Gasteiger partial charge in [-0.05, 0) is 30.5 Å². The van der Waals surface area contributed by atoms with E-state index in [1.54, 1.807) is 24.3 Å². The van der Waals surface area contributed by atoms with Crippen molar-refractivity contribution in [3.63, 3.8) is 0 Å². The molecule has 80 valence electrons. The number of carbonyl (C=O) groups is 1. The smallest absolute Gasteiger partial charge is 0.138 e. The summed E-state index contributed by atoms with van der Waals surface area (Å²) in [5.41, 5.74) is 0.777. The molecule has 2 nitrogen and oxygen atoms in total. The maximum absolute atomic E-state index is 11.5. The maximum Gasteiger partial charge on any atom is 0.138 e. The minimum Gasteiger partial charge on any atom is -0.388 e. The predicted molar refractivity (Wildman–Crippen MR) is 58.8 cm³/mol. The first kappa shape index (κ1) is 10.7. The van der Waals surface area contributed by atoms with E-state index in [4.69, 9.17) is 11.6 Å². The Hall–Kier alpha value is -0.860. The number of benzene rings is 1. The molecule has 0 spiro atoms. The van der Waals surface area contributed by atoms with Crippen LogP contribution in [0.4, 0.5) is 0 Å². The van der Waals surface area contributed by atoms with Gasteiger partial charge in [-0.2, -0.15) is 0 Å². The van der Waals surface area contributed by atoms with E-state index in [2.05, 4.69) is 0 Å². The van der Waals surface area contributed by atoms with E-state index in [1.807, 2.05) is 0 Å². The van der Waals surface area contributed by atoms with Crippen LogP contribution in [-0.4, -0.2) is 10.9 Å². The first-order valence-corrected chi connectivity index (χ1v) is 5.52. The topological polar surface area (TPSA) is 37.3 Å². The van der Waals surface area contributed by atoms with Crippen molar-refractivity contribution in [1.82, 2.24) is 0 Å². The highest BCUT2D eigenvalue weighted by Gasteiger charge is 2.31. The first-order chi connectivity index (χ1) is 7.18. The lowest BCUT2D eigenvalue weighted by Gasteiger charge is -2.16. The van der Waals surface area contributed by atoms with Gasteiger partial charge in [0.15, 0.2) is 0 Å². The number of aliphatic hydroxyl groups is 1. The second-order valence-corrected chi connectivity index (χ2v) is 4.40. The molecule has 0 bridgehead atoms. The second-order valence-electron chi connectivity index (χ2n) is 3.96. The van der Waals surface area contributed by atoms with Crippen LogP contribution in [0.15, 0.2) is 24.3 Å². The fourth-order valence-electron chi connectivity index (χ4n) is 2.07. The van der Waals surface area contributed by atoms with Crippen molar-refractivity contribution in [1.29, 1.82) is 0 Å². The quantitative estimate of drug-likeness (QED) is 0.839. The molecule has 3 heteroatoms. The summed E-state index contributed by atoms with van der Waals surface area (Å²) in [4.78, 5) is 11.5. The number of hydrogen-bond donors (Lipinski definition) is 1. The van der Waals surface area contributed by atoms with E-state index in [9.17, 15) is 9.90 Å². The van der Waals surface area contributed by atoms with E-state index < -0.39 is 6.10 Å². The molecule has 2 atom stereocenters. The normalized spacial score (nSPS) is 23.1. The van der Waals surface area contributed by atoms with Gasteiger partial charge in [0.25, 0.3) is 0 Å². The zero-order valence-electron chi connectivity index (χ0n) is 8.32. The molecule has 0 amide bonds. The van der Waals surface area contributed by atoms with Crippen molar-refractivity contribution < 1.29 is 9.90 Å². The standard InChI is InChI=1S/C12H13ClO2/c13-9-6-4-8(5-7-9)12(15)10-2-1-3-11(10)14/h4-7,10,12,15H,1-3H2/t10-,12+/m0/s1. The van der Waals surface area contributed by atoms with E-state index in [1.165, 1.54) is 0 Å². The zero-order valence-corrected chi connectivity index (χ0v) is 9.07. The Morgan fingerprint density at radius 2 is 2.00 bits per heavy atom. The summed E-state index contributed by atoms with van der Waals surface area (Å²) in [6, 6.07) is 7.02. The fraction of sp³-hybridized carbons (Fsp3) is 0.417. The highest BCUT2D eigenvalue weighted by molar-refractivity contribution is 6.30. The van der Waals surface area contributed by atoms with Gasteiger partial charge in [-0.3, -0.25) is 4.79 Å². The molecule has 1 fully saturated rings. The molecule has 1 N–H and O–H groups in total. The summed E-state index contributed by atoms with van der Waals surface area (Å²) in [7, 11) is 0. The summed E-state index contributed by atoms with van der Waals surface area (Å²) in [6.07, 6.45) is 1.63. The van der Waals surface area contributed by atoms with Crippen molar-refractivity contribution in [3.8, 4) is 0 Å². The summed E-state index contributed by atoms with van der Waals surface area (Å²) < 4.78 is 0. The number of aliphatic hydroxyl groups excluding tert-OH is 1. The molecule has 1 aromatic rings. The Labute approximate surface area is 93.9 Å². The third-order valence-corrected chi connectivity index (χ3v) is 3.20. The lowest BCUT2D eigenvalue weighted by atomic mass is 9.94. The van der Waals surface area contributed by atoms with Crippen molar-refractivity contribution >= 4 is 17.4 Å². The van der Waals surface area contributed by atoms with Gasteiger partial charge in [-0.15, -0.1) is 0 Å².